The molecule has 2 aromatic rings. The molecule has 1 saturated heterocycles. The molecule has 6 nitrogen and oxygen atoms in total. The highest BCUT2D eigenvalue weighted by Gasteiger charge is 2.31. The van der Waals surface area contributed by atoms with Gasteiger partial charge in [0.15, 0.2) is 6.61 Å². The lowest BCUT2D eigenvalue weighted by atomic mass is 10.2. The number of amides is 1. The van der Waals surface area contributed by atoms with Crippen LogP contribution in [0.3, 0.4) is 0 Å². The summed E-state index contributed by atoms with van der Waals surface area (Å²) in [5.41, 5.74) is -0.991. The van der Waals surface area contributed by atoms with Crippen LogP contribution < -0.4 is 10.1 Å². The van der Waals surface area contributed by atoms with Gasteiger partial charge in [-0.3, -0.25) is 4.79 Å². The number of nitrogens with zero attached hydrogens (tertiary/aromatic N) is 1. The number of nitrogens with one attached hydrogen (secondary N) is 1. The van der Waals surface area contributed by atoms with Crippen molar-refractivity contribution >= 4 is 21.6 Å². The number of carbonyl (C=O) groups excluding carboxylic acids is 1. The van der Waals surface area contributed by atoms with Crippen LogP contribution in [0.4, 0.5) is 27.6 Å². The summed E-state index contributed by atoms with van der Waals surface area (Å²) >= 11 is 0. The number of hydrogen-bond donors (Lipinski definition) is 1. The van der Waals surface area contributed by atoms with Crippen LogP contribution in [0, 0.1) is 11.6 Å². The van der Waals surface area contributed by atoms with Gasteiger partial charge in [-0.05, 0) is 43.2 Å². The molecule has 2 aromatic carbocycles. The zero-order valence-corrected chi connectivity index (χ0v) is 16.7. The van der Waals surface area contributed by atoms with Gasteiger partial charge in [-0.1, -0.05) is 0 Å². The Hall–Kier alpha value is -2.73. The lowest BCUT2D eigenvalue weighted by Gasteiger charge is -2.18. The van der Waals surface area contributed by atoms with Gasteiger partial charge in [0.05, 0.1) is 16.1 Å². The molecule has 1 aliphatic rings. The van der Waals surface area contributed by atoms with E-state index in [-0.39, 0.29) is 18.0 Å². The smallest absolute Gasteiger partial charge is 0.422 e. The highest BCUT2D eigenvalue weighted by atomic mass is 32.2. The summed E-state index contributed by atoms with van der Waals surface area (Å²) in [6, 6.07) is 5.12. The van der Waals surface area contributed by atoms with Crippen molar-refractivity contribution in [2.45, 2.75) is 23.9 Å². The van der Waals surface area contributed by atoms with Gasteiger partial charge in [-0.15, -0.1) is 0 Å². The topological polar surface area (TPSA) is 75.7 Å². The van der Waals surface area contributed by atoms with Crippen molar-refractivity contribution in [2.75, 3.05) is 25.0 Å². The Morgan fingerprint density at radius 2 is 1.74 bits per heavy atom. The zero-order valence-electron chi connectivity index (χ0n) is 15.9. The molecule has 0 aromatic heterocycles. The second-order valence-electron chi connectivity index (χ2n) is 6.75. The number of ether oxygens (including phenoxy) is 1. The number of sulfonamides is 1. The molecule has 1 amide bonds. The summed E-state index contributed by atoms with van der Waals surface area (Å²) in [7, 11) is -3.95. The Balaban J connectivity index is 1.96. The van der Waals surface area contributed by atoms with Crippen LogP contribution in [-0.2, 0) is 10.0 Å². The van der Waals surface area contributed by atoms with Gasteiger partial charge in [0.2, 0.25) is 10.0 Å². The second-order valence-corrected chi connectivity index (χ2v) is 8.69. The van der Waals surface area contributed by atoms with Gasteiger partial charge in [0.1, 0.15) is 17.4 Å². The molecule has 168 valence electrons. The second kappa shape index (κ2) is 8.79. The number of rotatable bonds is 6. The van der Waals surface area contributed by atoms with Crippen LogP contribution in [0.2, 0.25) is 0 Å². The molecule has 0 saturated carbocycles. The summed E-state index contributed by atoms with van der Waals surface area (Å²) in [6.07, 6.45) is -3.36. The molecule has 12 heteroatoms. The molecule has 0 atom stereocenters. The number of halogens is 5. The standard InChI is InChI=1S/C19H17F5N2O4S/c20-12-3-5-14(15(21)9-12)18(27)25-16-10-13(31(28,29)26-7-1-2-8-26)4-6-17(16)30-11-19(22,23)24/h3-6,9-10H,1-2,7-8,11H2,(H,25,27). The number of alkyl halides is 3. The van der Waals surface area contributed by atoms with Crippen molar-refractivity contribution < 1.29 is 39.9 Å². The summed E-state index contributed by atoms with van der Waals surface area (Å²) < 4.78 is 96.1. The van der Waals surface area contributed by atoms with Gasteiger partial charge in [0.25, 0.3) is 5.91 Å². The number of hydrogen-bond acceptors (Lipinski definition) is 4. The Kier molecular flexibility index (Phi) is 6.51. The molecule has 0 radical (unpaired) electrons. The minimum absolute atomic E-state index is 0.274. The molecule has 1 heterocycles. The maximum absolute atomic E-state index is 13.9. The van der Waals surface area contributed by atoms with Gasteiger partial charge >= 0.3 is 6.18 Å². The highest BCUT2D eigenvalue weighted by Crippen LogP contribution is 2.32. The molecular weight excluding hydrogens is 447 g/mol. The maximum atomic E-state index is 13.9. The molecule has 0 aliphatic carbocycles. The van der Waals surface area contributed by atoms with Crippen LogP contribution >= 0.6 is 0 Å². The number of benzene rings is 2. The molecule has 1 N–H and O–H groups in total. The summed E-state index contributed by atoms with van der Waals surface area (Å²) in [4.78, 5) is 12.1. The van der Waals surface area contributed by atoms with E-state index in [0.717, 1.165) is 30.3 Å². The van der Waals surface area contributed by atoms with Crippen molar-refractivity contribution in [1.29, 1.82) is 0 Å². The van der Waals surface area contributed by atoms with Crippen molar-refractivity contribution in [2.24, 2.45) is 0 Å². The van der Waals surface area contributed by atoms with Gasteiger partial charge < -0.3 is 10.1 Å². The van der Waals surface area contributed by atoms with E-state index in [9.17, 15) is 35.2 Å². The van der Waals surface area contributed by atoms with Crippen LogP contribution in [0.15, 0.2) is 41.3 Å². The number of carbonyl (C=O) groups is 1. The van der Waals surface area contributed by atoms with E-state index in [1.165, 1.54) is 4.31 Å². The Bertz CT molecular complexity index is 1080. The average Bonchev–Trinajstić information content (AvgIpc) is 3.21. The fraction of sp³-hybridized carbons (Fsp3) is 0.316. The first-order chi connectivity index (χ1) is 14.5. The lowest BCUT2D eigenvalue weighted by molar-refractivity contribution is -0.153. The zero-order chi connectivity index (χ0) is 22.8. The fourth-order valence-electron chi connectivity index (χ4n) is 2.99. The van der Waals surface area contributed by atoms with Crippen LogP contribution in [0.25, 0.3) is 0 Å². The molecule has 31 heavy (non-hydrogen) atoms. The van der Waals surface area contributed by atoms with Crippen molar-refractivity contribution in [3.63, 3.8) is 0 Å². The highest BCUT2D eigenvalue weighted by molar-refractivity contribution is 7.89. The SMILES string of the molecule is O=C(Nc1cc(S(=O)(=O)N2CCCC2)ccc1OCC(F)(F)F)c1ccc(F)cc1F. The summed E-state index contributed by atoms with van der Waals surface area (Å²) in [5.74, 6) is -3.71. The monoisotopic (exact) mass is 464 g/mol. The molecular formula is C19H17F5N2O4S. The molecule has 0 unspecified atom stereocenters. The van der Waals surface area contributed by atoms with E-state index in [4.69, 9.17) is 0 Å². The first-order valence-electron chi connectivity index (χ1n) is 9.07. The van der Waals surface area contributed by atoms with Crippen LogP contribution in [0.5, 0.6) is 5.75 Å². The third kappa shape index (κ3) is 5.50. The van der Waals surface area contributed by atoms with Crippen molar-refractivity contribution in [3.05, 3.63) is 53.6 Å². The molecule has 1 aliphatic heterocycles. The predicted octanol–water partition coefficient (Wildman–Crippen LogP) is 3.94. The quantitative estimate of drug-likeness (QED) is 0.658. The molecule has 1 fully saturated rings. The molecule has 3 rings (SSSR count). The van der Waals surface area contributed by atoms with Gasteiger partial charge in [-0.2, -0.15) is 17.5 Å². The number of anilines is 1. The normalized spacial score (nSPS) is 15.1. The van der Waals surface area contributed by atoms with E-state index in [1.54, 1.807) is 0 Å². The van der Waals surface area contributed by atoms with E-state index >= 15 is 0 Å². The third-order valence-electron chi connectivity index (χ3n) is 4.47. The first-order valence-corrected chi connectivity index (χ1v) is 10.5. The summed E-state index contributed by atoms with van der Waals surface area (Å²) in [5, 5.41) is 2.15. The molecule has 0 bridgehead atoms. The lowest BCUT2D eigenvalue weighted by Crippen LogP contribution is -2.28. The predicted molar refractivity (Wildman–Crippen MR) is 100 cm³/mol. The Morgan fingerprint density at radius 3 is 2.35 bits per heavy atom. The van der Waals surface area contributed by atoms with Crippen molar-refractivity contribution in [3.8, 4) is 5.75 Å². The van der Waals surface area contributed by atoms with Gasteiger partial charge in [0, 0.05) is 19.2 Å². The molecule has 0 spiro atoms. The van der Waals surface area contributed by atoms with E-state index in [2.05, 4.69) is 10.1 Å². The van der Waals surface area contributed by atoms with Crippen LogP contribution in [0.1, 0.15) is 23.2 Å². The minimum atomic E-state index is -4.69. The largest absolute Gasteiger partial charge is 0.482 e. The minimum Gasteiger partial charge on any atom is -0.482 e. The Labute approximate surface area is 174 Å². The van der Waals surface area contributed by atoms with E-state index in [1.807, 2.05) is 0 Å². The van der Waals surface area contributed by atoms with Crippen molar-refractivity contribution in [1.82, 2.24) is 4.31 Å². The summed E-state index contributed by atoms with van der Waals surface area (Å²) in [6.45, 7) is -1.12. The van der Waals surface area contributed by atoms with Gasteiger partial charge in [-0.25, -0.2) is 17.2 Å². The average molecular weight is 464 g/mol. The van der Waals surface area contributed by atoms with E-state index in [0.29, 0.717) is 18.9 Å². The van der Waals surface area contributed by atoms with Crippen LogP contribution in [-0.4, -0.2) is 44.5 Å². The third-order valence-corrected chi connectivity index (χ3v) is 6.36. The Morgan fingerprint density at radius 1 is 1.06 bits per heavy atom. The maximum Gasteiger partial charge on any atom is 0.422 e. The first kappa shape index (κ1) is 22.9. The fourth-order valence-corrected chi connectivity index (χ4v) is 4.54. The van der Waals surface area contributed by atoms with E-state index < -0.39 is 57.3 Å².